The first-order chi connectivity index (χ1) is 7.91. The van der Waals surface area contributed by atoms with Crippen LogP contribution < -0.4 is 5.32 Å². The van der Waals surface area contributed by atoms with Crippen molar-refractivity contribution < 1.29 is 24.2 Å². The Balaban J connectivity index is 3.04. The lowest BCUT2D eigenvalue weighted by Gasteiger charge is -2.07. The monoisotopic (exact) mass is 259 g/mol. The standard InChI is InChI=1S/C10H7ClFNO4/c11-7(9(14)15)8(10(16)17)13-6-3-1-5(12)2-4-6/h1-4,13H,(H,14,15)(H,16,17). The van der Waals surface area contributed by atoms with Crippen LogP contribution in [0.2, 0.25) is 0 Å². The zero-order valence-corrected chi connectivity index (χ0v) is 9.03. The number of hydrogen-bond donors (Lipinski definition) is 3. The molecule has 90 valence electrons. The smallest absolute Gasteiger partial charge is 0.354 e. The Bertz CT molecular complexity index is 484. The van der Waals surface area contributed by atoms with E-state index >= 15 is 0 Å². The SMILES string of the molecule is O=C(O)C(Cl)=C(Nc1ccc(F)cc1)C(=O)O. The van der Waals surface area contributed by atoms with Gasteiger partial charge in [0.15, 0.2) is 10.7 Å². The van der Waals surface area contributed by atoms with Crippen molar-refractivity contribution in [3.63, 3.8) is 0 Å². The van der Waals surface area contributed by atoms with Gasteiger partial charge in [-0.3, -0.25) is 0 Å². The van der Waals surface area contributed by atoms with Crippen molar-refractivity contribution in [3.05, 3.63) is 40.8 Å². The molecule has 0 saturated heterocycles. The minimum Gasteiger partial charge on any atom is -0.477 e. The molecule has 17 heavy (non-hydrogen) atoms. The highest BCUT2D eigenvalue weighted by atomic mass is 35.5. The summed E-state index contributed by atoms with van der Waals surface area (Å²) in [7, 11) is 0. The number of carboxylic acid groups (broad SMARTS) is 2. The van der Waals surface area contributed by atoms with Gasteiger partial charge in [-0.25, -0.2) is 14.0 Å². The van der Waals surface area contributed by atoms with Gasteiger partial charge in [-0.15, -0.1) is 0 Å². The minimum atomic E-state index is -1.57. The molecule has 0 radical (unpaired) electrons. The number of anilines is 1. The Hall–Kier alpha value is -2.08. The van der Waals surface area contributed by atoms with Crippen molar-refractivity contribution in [1.29, 1.82) is 0 Å². The molecule has 0 bridgehead atoms. The number of rotatable bonds is 4. The third-order valence-corrected chi connectivity index (χ3v) is 2.09. The van der Waals surface area contributed by atoms with E-state index in [0.29, 0.717) is 0 Å². The maximum absolute atomic E-state index is 12.6. The maximum atomic E-state index is 12.6. The van der Waals surface area contributed by atoms with Crippen molar-refractivity contribution in [1.82, 2.24) is 0 Å². The molecule has 1 aromatic carbocycles. The summed E-state index contributed by atoms with van der Waals surface area (Å²) in [5.74, 6) is -3.60. The molecular formula is C10H7ClFNO4. The molecule has 0 amide bonds. The molecular weight excluding hydrogens is 253 g/mol. The first kappa shape index (κ1) is 13.0. The Morgan fingerprint density at radius 1 is 1.12 bits per heavy atom. The minimum absolute atomic E-state index is 0.211. The average Bonchev–Trinajstić information content (AvgIpc) is 2.26. The van der Waals surface area contributed by atoms with Crippen LogP contribution in [-0.2, 0) is 9.59 Å². The highest BCUT2D eigenvalue weighted by Gasteiger charge is 2.18. The van der Waals surface area contributed by atoms with E-state index in [1.54, 1.807) is 0 Å². The van der Waals surface area contributed by atoms with Crippen LogP contribution in [-0.4, -0.2) is 22.2 Å². The van der Waals surface area contributed by atoms with Gasteiger partial charge in [-0.2, -0.15) is 0 Å². The molecule has 0 atom stereocenters. The van der Waals surface area contributed by atoms with Crippen LogP contribution in [0.15, 0.2) is 35.0 Å². The summed E-state index contributed by atoms with van der Waals surface area (Å²) in [5, 5.41) is 18.8. The molecule has 0 unspecified atom stereocenters. The predicted molar refractivity (Wildman–Crippen MR) is 58.2 cm³/mol. The topological polar surface area (TPSA) is 86.6 Å². The van der Waals surface area contributed by atoms with E-state index in [1.807, 2.05) is 0 Å². The summed E-state index contributed by atoms with van der Waals surface area (Å²) in [4.78, 5) is 21.3. The van der Waals surface area contributed by atoms with E-state index < -0.39 is 28.5 Å². The molecule has 7 heteroatoms. The molecule has 0 fully saturated rings. The summed E-state index contributed by atoms with van der Waals surface area (Å²) >= 11 is 5.32. The molecule has 1 aromatic rings. The fourth-order valence-corrected chi connectivity index (χ4v) is 1.11. The average molecular weight is 260 g/mol. The van der Waals surface area contributed by atoms with E-state index in [9.17, 15) is 14.0 Å². The van der Waals surface area contributed by atoms with Crippen LogP contribution in [0.5, 0.6) is 0 Å². The lowest BCUT2D eigenvalue weighted by molar-refractivity contribution is -0.135. The third kappa shape index (κ3) is 3.46. The van der Waals surface area contributed by atoms with Crippen LogP contribution >= 0.6 is 11.6 Å². The predicted octanol–water partition coefficient (Wildman–Crippen LogP) is 1.86. The molecule has 0 heterocycles. The maximum Gasteiger partial charge on any atom is 0.354 e. The lowest BCUT2D eigenvalue weighted by Crippen LogP contribution is -2.15. The highest BCUT2D eigenvalue weighted by Crippen LogP contribution is 2.16. The largest absolute Gasteiger partial charge is 0.477 e. The Morgan fingerprint density at radius 2 is 1.65 bits per heavy atom. The lowest BCUT2D eigenvalue weighted by atomic mass is 10.3. The quantitative estimate of drug-likeness (QED) is 0.719. The van der Waals surface area contributed by atoms with Crippen molar-refractivity contribution in [2.75, 3.05) is 5.32 Å². The fraction of sp³-hybridized carbons (Fsp3) is 0. The van der Waals surface area contributed by atoms with Crippen molar-refractivity contribution >= 4 is 29.2 Å². The Labute approximate surface area is 100 Å². The Kier molecular flexibility index (Phi) is 4.06. The molecule has 5 nitrogen and oxygen atoms in total. The van der Waals surface area contributed by atoms with Crippen molar-refractivity contribution in [3.8, 4) is 0 Å². The van der Waals surface area contributed by atoms with Gasteiger partial charge in [0.2, 0.25) is 0 Å². The number of carboxylic acids is 2. The van der Waals surface area contributed by atoms with Crippen LogP contribution in [0.3, 0.4) is 0 Å². The van der Waals surface area contributed by atoms with Crippen LogP contribution in [0.4, 0.5) is 10.1 Å². The second-order valence-corrected chi connectivity index (χ2v) is 3.31. The van der Waals surface area contributed by atoms with Gasteiger partial charge < -0.3 is 15.5 Å². The van der Waals surface area contributed by atoms with Gasteiger partial charge in [-0.05, 0) is 24.3 Å². The molecule has 0 spiro atoms. The number of nitrogens with one attached hydrogen (secondary N) is 1. The third-order valence-electron chi connectivity index (χ3n) is 1.73. The van der Waals surface area contributed by atoms with E-state index in [1.165, 1.54) is 12.1 Å². The van der Waals surface area contributed by atoms with Gasteiger partial charge in [0, 0.05) is 5.69 Å². The summed E-state index contributed by atoms with van der Waals surface area (Å²) in [5.41, 5.74) is -0.478. The number of halogens is 2. The first-order valence-corrected chi connectivity index (χ1v) is 4.68. The van der Waals surface area contributed by atoms with Gasteiger partial charge in [0.05, 0.1) is 0 Å². The van der Waals surface area contributed by atoms with Crippen LogP contribution in [0.1, 0.15) is 0 Å². The number of carbonyl (C=O) groups is 2. The second-order valence-electron chi connectivity index (χ2n) is 2.93. The van der Waals surface area contributed by atoms with E-state index in [0.717, 1.165) is 12.1 Å². The molecule has 0 aromatic heterocycles. The normalized spacial score (nSPS) is 11.6. The van der Waals surface area contributed by atoms with Gasteiger partial charge in [-0.1, -0.05) is 11.6 Å². The summed E-state index contributed by atoms with van der Waals surface area (Å²) in [6, 6.07) is 4.70. The van der Waals surface area contributed by atoms with Crippen LogP contribution in [0.25, 0.3) is 0 Å². The zero-order chi connectivity index (χ0) is 13.0. The van der Waals surface area contributed by atoms with Gasteiger partial charge >= 0.3 is 11.9 Å². The Morgan fingerprint density at radius 3 is 2.06 bits per heavy atom. The van der Waals surface area contributed by atoms with E-state index in [4.69, 9.17) is 21.8 Å². The van der Waals surface area contributed by atoms with Crippen molar-refractivity contribution in [2.45, 2.75) is 0 Å². The van der Waals surface area contributed by atoms with Crippen molar-refractivity contribution in [2.24, 2.45) is 0 Å². The summed E-state index contributed by atoms with van der Waals surface area (Å²) < 4.78 is 12.6. The molecule has 0 aliphatic heterocycles. The highest BCUT2D eigenvalue weighted by molar-refractivity contribution is 6.43. The zero-order valence-electron chi connectivity index (χ0n) is 8.28. The van der Waals surface area contributed by atoms with E-state index in [-0.39, 0.29) is 5.69 Å². The second kappa shape index (κ2) is 5.31. The first-order valence-electron chi connectivity index (χ1n) is 4.30. The molecule has 3 N–H and O–H groups in total. The number of benzene rings is 1. The number of hydrogen-bond acceptors (Lipinski definition) is 3. The van der Waals surface area contributed by atoms with Gasteiger partial charge in [0.1, 0.15) is 5.82 Å². The fourth-order valence-electron chi connectivity index (χ4n) is 0.987. The summed E-state index contributed by atoms with van der Waals surface area (Å²) in [6.07, 6.45) is 0. The molecule has 0 saturated carbocycles. The molecule has 0 aliphatic rings. The molecule has 0 aliphatic carbocycles. The molecule has 1 rings (SSSR count). The van der Waals surface area contributed by atoms with E-state index in [2.05, 4.69) is 5.32 Å². The summed E-state index contributed by atoms with van der Waals surface area (Å²) in [6.45, 7) is 0. The number of aliphatic carboxylic acids is 2. The van der Waals surface area contributed by atoms with Gasteiger partial charge in [0.25, 0.3) is 0 Å². The van der Waals surface area contributed by atoms with Crippen LogP contribution in [0, 0.1) is 5.82 Å².